The Balaban J connectivity index is 1.58. The van der Waals surface area contributed by atoms with Crippen LogP contribution in [0, 0.1) is 0 Å². The largest absolute Gasteiger partial charge is 0.463 e. The molecule has 132 valence electrons. The molecule has 1 aliphatic rings. The van der Waals surface area contributed by atoms with Gasteiger partial charge in [-0.1, -0.05) is 0 Å². The summed E-state index contributed by atoms with van der Waals surface area (Å²) < 4.78 is 6.54. The van der Waals surface area contributed by atoms with E-state index in [1.807, 2.05) is 0 Å². The lowest BCUT2D eigenvalue weighted by Gasteiger charge is -2.15. The third-order valence-electron chi connectivity index (χ3n) is 3.67. The predicted octanol–water partition coefficient (Wildman–Crippen LogP) is 0.241. The van der Waals surface area contributed by atoms with Crippen LogP contribution < -0.4 is 16.2 Å². The SMILES string of the molecule is O=C1CCSCC(C(=O)NCCn2nc(-c3ccco3)ccc2=O)N1. The average molecular weight is 362 g/mol. The molecule has 0 aliphatic carbocycles. The summed E-state index contributed by atoms with van der Waals surface area (Å²) >= 11 is 1.57. The lowest BCUT2D eigenvalue weighted by Crippen LogP contribution is -2.48. The molecule has 2 aromatic rings. The summed E-state index contributed by atoms with van der Waals surface area (Å²) in [7, 11) is 0. The summed E-state index contributed by atoms with van der Waals surface area (Å²) in [6, 6.07) is 5.96. The number of nitrogens with zero attached hydrogens (tertiary/aromatic N) is 2. The van der Waals surface area contributed by atoms with Crippen molar-refractivity contribution in [2.75, 3.05) is 18.1 Å². The van der Waals surface area contributed by atoms with E-state index >= 15 is 0 Å². The summed E-state index contributed by atoms with van der Waals surface area (Å²) in [6.07, 6.45) is 1.96. The van der Waals surface area contributed by atoms with E-state index in [0.717, 1.165) is 0 Å². The average Bonchev–Trinajstić information content (AvgIpc) is 3.05. The normalized spacial score (nSPS) is 17.6. The quantitative estimate of drug-likeness (QED) is 0.789. The molecule has 1 unspecified atom stereocenters. The van der Waals surface area contributed by atoms with E-state index in [1.165, 1.54) is 17.0 Å². The number of furan rings is 1. The molecule has 0 radical (unpaired) electrons. The molecule has 1 aliphatic heterocycles. The molecule has 25 heavy (non-hydrogen) atoms. The minimum absolute atomic E-state index is 0.116. The fourth-order valence-electron chi connectivity index (χ4n) is 2.39. The molecule has 2 aromatic heterocycles. The van der Waals surface area contributed by atoms with Gasteiger partial charge in [-0.3, -0.25) is 14.4 Å². The molecule has 2 N–H and O–H groups in total. The van der Waals surface area contributed by atoms with Gasteiger partial charge < -0.3 is 15.1 Å². The smallest absolute Gasteiger partial charge is 0.266 e. The number of thioether (sulfide) groups is 1. The van der Waals surface area contributed by atoms with Gasteiger partial charge in [-0.2, -0.15) is 16.9 Å². The van der Waals surface area contributed by atoms with E-state index in [9.17, 15) is 14.4 Å². The monoisotopic (exact) mass is 362 g/mol. The third-order valence-corrected chi connectivity index (χ3v) is 4.73. The minimum Gasteiger partial charge on any atom is -0.463 e. The summed E-state index contributed by atoms with van der Waals surface area (Å²) in [4.78, 5) is 35.6. The van der Waals surface area contributed by atoms with Gasteiger partial charge >= 0.3 is 0 Å². The lowest BCUT2D eigenvalue weighted by atomic mass is 10.3. The minimum atomic E-state index is -0.542. The molecule has 0 bridgehead atoms. The molecular formula is C16H18N4O4S. The summed E-state index contributed by atoms with van der Waals surface area (Å²) in [5, 5.41) is 9.67. The maximum Gasteiger partial charge on any atom is 0.266 e. The summed E-state index contributed by atoms with van der Waals surface area (Å²) in [5.74, 6) is 1.46. The number of carbonyl (C=O) groups excluding carboxylic acids is 2. The van der Waals surface area contributed by atoms with Crippen molar-refractivity contribution in [3.63, 3.8) is 0 Å². The number of amides is 2. The van der Waals surface area contributed by atoms with Crippen LogP contribution >= 0.6 is 11.8 Å². The van der Waals surface area contributed by atoms with Gasteiger partial charge in [0.05, 0.1) is 12.8 Å². The molecule has 9 heteroatoms. The van der Waals surface area contributed by atoms with E-state index in [1.54, 1.807) is 30.0 Å². The van der Waals surface area contributed by atoms with Gasteiger partial charge in [0.1, 0.15) is 11.7 Å². The summed E-state index contributed by atoms with van der Waals surface area (Å²) in [6.45, 7) is 0.470. The Bertz CT molecular complexity index is 803. The van der Waals surface area contributed by atoms with Crippen LogP contribution in [0.4, 0.5) is 0 Å². The first-order valence-electron chi connectivity index (χ1n) is 7.90. The number of rotatable bonds is 5. The number of hydrogen-bond acceptors (Lipinski definition) is 6. The molecule has 1 saturated heterocycles. The number of nitrogens with one attached hydrogen (secondary N) is 2. The predicted molar refractivity (Wildman–Crippen MR) is 93.1 cm³/mol. The van der Waals surface area contributed by atoms with E-state index in [2.05, 4.69) is 15.7 Å². The van der Waals surface area contributed by atoms with Crippen molar-refractivity contribution in [1.82, 2.24) is 20.4 Å². The standard InChI is InChI=1S/C16H18N4O4S/c21-14-5-9-25-10-12(18-14)16(23)17-6-7-20-15(22)4-3-11(19-20)13-2-1-8-24-13/h1-4,8,12H,5-7,9-10H2,(H,17,23)(H,18,21). The van der Waals surface area contributed by atoms with Gasteiger partial charge in [0.25, 0.3) is 5.56 Å². The lowest BCUT2D eigenvalue weighted by molar-refractivity contribution is -0.128. The molecule has 1 atom stereocenters. The number of hydrogen-bond donors (Lipinski definition) is 2. The van der Waals surface area contributed by atoms with Crippen molar-refractivity contribution < 1.29 is 14.0 Å². The zero-order chi connectivity index (χ0) is 17.6. The molecule has 0 aromatic carbocycles. The fourth-order valence-corrected chi connectivity index (χ4v) is 3.36. The first-order valence-corrected chi connectivity index (χ1v) is 9.06. The van der Waals surface area contributed by atoms with Gasteiger partial charge in [-0.25, -0.2) is 4.68 Å². The zero-order valence-electron chi connectivity index (χ0n) is 13.4. The van der Waals surface area contributed by atoms with Crippen molar-refractivity contribution in [2.24, 2.45) is 0 Å². The fraction of sp³-hybridized carbons (Fsp3) is 0.375. The van der Waals surface area contributed by atoms with Crippen molar-refractivity contribution in [3.05, 3.63) is 40.9 Å². The topological polar surface area (TPSA) is 106 Å². The van der Waals surface area contributed by atoms with E-state index in [0.29, 0.717) is 29.4 Å². The molecule has 0 spiro atoms. The number of carbonyl (C=O) groups is 2. The van der Waals surface area contributed by atoms with Gasteiger partial charge in [0, 0.05) is 30.5 Å². The highest BCUT2D eigenvalue weighted by Gasteiger charge is 2.23. The second kappa shape index (κ2) is 8.02. The van der Waals surface area contributed by atoms with Crippen LogP contribution in [0.15, 0.2) is 39.7 Å². The van der Waals surface area contributed by atoms with E-state index in [4.69, 9.17) is 4.42 Å². The Morgan fingerprint density at radius 1 is 1.40 bits per heavy atom. The van der Waals surface area contributed by atoms with Crippen LogP contribution in [0.1, 0.15) is 6.42 Å². The number of aromatic nitrogens is 2. The Morgan fingerprint density at radius 2 is 2.28 bits per heavy atom. The molecule has 8 nitrogen and oxygen atoms in total. The first-order chi connectivity index (χ1) is 12.1. The van der Waals surface area contributed by atoms with E-state index < -0.39 is 6.04 Å². The van der Waals surface area contributed by atoms with Crippen molar-refractivity contribution in [3.8, 4) is 11.5 Å². The second-order valence-electron chi connectivity index (χ2n) is 5.49. The van der Waals surface area contributed by atoms with Gasteiger partial charge in [0.15, 0.2) is 5.76 Å². The molecule has 3 rings (SSSR count). The van der Waals surface area contributed by atoms with Crippen LogP contribution in [0.25, 0.3) is 11.5 Å². The Labute approximate surface area is 148 Å². The third kappa shape index (κ3) is 4.50. The maximum absolute atomic E-state index is 12.2. The van der Waals surface area contributed by atoms with E-state index in [-0.39, 0.29) is 30.5 Å². The molecule has 3 heterocycles. The zero-order valence-corrected chi connectivity index (χ0v) is 14.3. The van der Waals surface area contributed by atoms with Gasteiger partial charge in [-0.15, -0.1) is 0 Å². The molecule has 2 amide bonds. The van der Waals surface area contributed by atoms with Gasteiger partial charge in [0.2, 0.25) is 11.8 Å². The van der Waals surface area contributed by atoms with Crippen LogP contribution in [0.3, 0.4) is 0 Å². The highest BCUT2D eigenvalue weighted by molar-refractivity contribution is 7.99. The van der Waals surface area contributed by atoms with Crippen molar-refractivity contribution in [1.29, 1.82) is 0 Å². The molecule has 0 saturated carbocycles. The highest BCUT2D eigenvalue weighted by Crippen LogP contribution is 2.15. The van der Waals surface area contributed by atoms with Crippen LogP contribution in [0.5, 0.6) is 0 Å². The van der Waals surface area contributed by atoms with Gasteiger partial charge in [-0.05, 0) is 18.2 Å². The van der Waals surface area contributed by atoms with Crippen LogP contribution in [-0.4, -0.2) is 45.7 Å². The Hall–Kier alpha value is -2.55. The van der Waals surface area contributed by atoms with Crippen LogP contribution in [-0.2, 0) is 16.1 Å². The Kier molecular flexibility index (Phi) is 5.54. The van der Waals surface area contributed by atoms with Crippen molar-refractivity contribution >= 4 is 23.6 Å². The maximum atomic E-state index is 12.2. The van der Waals surface area contributed by atoms with Crippen molar-refractivity contribution in [2.45, 2.75) is 19.0 Å². The first kappa shape index (κ1) is 17.3. The highest BCUT2D eigenvalue weighted by atomic mass is 32.2. The summed E-state index contributed by atoms with van der Waals surface area (Å²) in [5.41, 5.74) is 0.284. The molecular weight excluding hydrogens is 344 g/mol. The molecule has 1 fully saturated rings. The second-order valence-corrected chi connectivity index (χ2v) is 6.64. The van der Waals surface area contributed by atoms with Crippen LogP contribution in [0.2, 0.25) is 0 Å². The Morgan fingerprint density at radius 3 is 3.08 bits per heavy atom.